The van der Waals surface area contributed by atoms with E-state index in [0.29, 0.717) is 6.54 Å². The van der Waals surface area contributed by atoms with Gasteiger partial charge in [-0.1, -0.05) is 6.92 Å². The van der Waals surface area contributed by atoms with Gasteiger partial charge in [-0.15, -0.1) is 0 Å². The van der Waals surface area contributed by atoms with Crippen molar-refractivity contribution in [1.29, 1.82) is 0 Å². The van der Waals surface area contributed by atoms with Crippen molar-refractivity contribution in [1.82, 2.24) is 0 Å². The molecule has 0 fully saturated rings. The molecule has 0 saturated heterocycles. The van der Waals surface area contributed by atoms with Gasteiger partial charge in [-0.05, 0) is 67.5 Å². The van der Waals surface area contributed by atoms with Crippen LogP contribution < -0.4 is 10.5 Å². The summed E-state index contributed by atoms with van der Waals surface area (Å²) < 4.78 is 7.67. The molecule has 1 aromatic rings. The van der Waals surface area contributed by atoms with E-state index < -0.39 is 0 Å². The van der Waals surface area contributed by atoms with Gasteiger partial charge in [-0.3, -0.25) is 0 Å². The topological polar surface area (TPSA) is 35.2 Å². The molecule has 0 spiro atoms. The monoisotopic (exact) mass is 381 g/mol. The average molecular weight is 383 g/mol. The van der Waals surface area contributed by atoms with Crippen LogP contribution in [0.4, 0.5) is 0 Å². The van der Waals surface area contributed by atoms with Crippen molar-refractivity contribution in [3.05, 3.63) is 26.6 Å². The summed E-state index contributed by atoms with van der Waals surface area (Å²) in [7, 11) is 0. The van der Waals surface area contributed by atoms with Gasteiger partial charge in [-0.2, -0.15) is 11.8 Å². The number of halogens is 2. The molecule has 5 heteroatoms. The summed E-state index contributed by atoms with van der Waals surface area (Å²) in [5.74, 6) is 3.18. The van der Waals surface area contributed by atoms with Crippen LogP contribution in [0.1, 0.15) is 18.9 Å². The Morgan fingerprint density at radius 2 is 1.94 bits per heavy atom. The lowest BCUT2D eigenvalue weighted by Crippen LogP contribution is -2.02. The van der Waals surface area contributed by atoms with Crippen molar-refractivity contribution in [3.63, 3.8) is 0 Å². The molecule has 0 aliphatic rings. The summed E-state index contributed by atoms with van der Waals surface area (Å²) >= 11 is 8.95. The average Bonchev–Trinajstić information content (AvgIpc) is 2.31. The highest BCUT2D eigenvalue weighted by atomic mass is 79.9. The van der Waals surface area contributed by atoms with Crippen LogP contribution in [0.15, 0.2) is 21.1 Å². The second kappa shape index (κ2) is 8.40. The summed E-state index contributed by atoms with van der Waals surface area (Å²) in [5, 5.41) is 0. The Bertz CT molecular complexity index is 337. The van der Waals surface area contributed by atoms with Gasteiger partial charge in [-0.25, -0.2) is 0 Å². The van der Waals surface area contributed by atoms with E-state index in [0.717, 1.165) is 39.0 Å². The van der Waals surface area contributed by atoms with E-state index >= 15 is 0 Å². The third-order valence-corrected chi connectivity index (χ3v) is 4.34. The maximum absolute atomic E-state index is 5.77. The van der Waals surface area contributed by atoms with Crippen molar-refractivity contribution < 1.29 is 4.74 Å². The Kier molecular flexibility index (Phi) is 7.59. The van der Waals surface area contributed by atoms with Crippen molar-refractivity contribution in [2.45, 2.75) is 19.9 Å². The van der Waals surface area contributed by atoms with E-state index in [1.807, 2.05) is 23.9 Å². The molecule has 0 aliphatic heterocycles. The maximum Gasteiger partial charge on any atom is 0.147 e. The van der Waals surface area contributed by atoms with Crippen molar-refractivity contribution in [3.8, 4) is 5.75 Å². The predicted molar refractivity (Wildman–Crippen MR) is 82.8 cm³/mol. The molecule has 0 aliphatic carbocycles. The van der Waals surface area contributed by atoms with Crippen LogP contribution >= 0.6 is 43.6 Å². The third-order valence-electron chi connectivity index (χ3n) is 2.18. The molecule has 0 aromatic heterocycles. The van der Waals surface area contributed by atoms with E-state index in [1.54, 1.807) is 0 Å². The van der Waals surface area contributed by atoms with Crippen molar-refractivity contribution in [2.75, 3.05) is 18.1 Å². The van der Waals surface area contributed by atoms with Crippen LogP contribution in [-0.4, -0.2) is 18.1 Å². The van der Waals surface area contributed by atoms with E-state index in [4.69, 9.17) is 10.5 Å². The van der Waals surface area contributed by atoms with Gasteiger partial charge < -0.3 is 10.5 Å². The van der Waals surface area contributed by atoms with Gasteiger partial charge >= 0.3 is 0 Å². The normalized spacial score (nSPS) is 10.6. The standard InChI is InChI=1S/C12H17Br2NOS/c1-2-17-5-3-4-16-12-10(13)6-9(8-15)7-11(12)14/h6-7H,2-5,8,15H2,1H3. The zero-order valence-corrected chi connectivity index (χ0v) is 13.8. The quantitative estimate of drug-likeness (QED) is 0.718. The number of benzene rings is 1. The molecule has 0 bridgehead atoms. The van der Waals surface area contributed by atoms with Crippen LogP contribution in [0.5, 0.6) is 5.75 Å². The molecule has 1 aromatic carbocycles. The Labute approximate surface area is 124 Å². The number of rotatable bonds is 7. The first kappa shape index (κ1) is 15.3. The lowest BCUT2D eigenvalue weighted by molar-refractivity contribution is 0.314. The fourth-order valence-electron chi connectivity index (χ4n) is 1.35. The highest BCUT2D eigenvalue weighted by Gasteiger charge is 2.08. The smallest absolute Gasteiger partial charge is 0.147 e. The molecular formula is C12H17Br2NOS. The summed E-state index contributed by atoms with van der Waals surface area (Å²) in [4.78, 5) is 0. The Morgan fingerprint density at radius 3 is 2.47 bits per heavy atom. The molecule has 96 valence electrons. The number of thioether (sulfide) groups is 1. The van der Waals surface area contributed by atoms with Gasteiger partial charge in [0.2, 0.25) is 0 Å². The highest BCUT2D eigenvalue weighted by molar-refractivity contribution is 9.11. The Morgan fingerprint density at radius 1 is 1.29 bits per heavy atom. The molecule has 0 unspecified atom stereocenters. The lowest BCUT2D eigenvalue weighted by atomic mass is 10.2. The van der Waals surface area contributed by atoms with Crippen LogP contribution in [0.2, 0.25) is 0 Å². The SMILES string of the molecule is CCSCCCOc1c(Br)cc(CN)cc1Br. The van der Waals surface area contributed by atoms with Crippen LogP contribution in [0, 0.1) is 0 Å². The summed E-state index contributed by atoms with van der Waals surface area (Å²) in [5.41, 5.74) is 6.69. The van der Waals surface area contributed by atoms with E-state index in [9.17, 15) is 0 Å². The Hall–Kier alpha value is 0.290. The summed E-state index contributed by atoms with van der Waals surface area (Å²) in [6.07, 6.45) is 1.07. The Balaban J connectivity index is 2.53. The first-order valence-corrected chi connectivity index (χ1v) is 8.31. The number of nitrogens with two attached hydrogens (primary N) is 1. The van der Waals surface area contributed by atoms with Gasteiger partial charge in [0.15, 0.2) is 0 Å². The predicted octanol–water partition coefficient (Wildman–Crippen LogP) is 4.19. The van der Waals surface area contributed by atoms with Gasteiger partial charge in [0.25, 0.3) is 0 Å². The minimum Gasteiger partial charge on any atom is -0.491 e. The fraction of sp³-hybridized carbons (Fsp3) is 0.500. The largest absolute Gasteiger partial charge is 0.491 e. The van der Waals surface area contributed by atoms with Crippen LogP contribution in [0.25, 0.3) is 0 Å². The fourth-order valence-corrected chi connectivity index (χ4v) is 3.47. The second-order valence-electron chi connectivity index (χ2n) is 3.49. The molecule has 1 rings (SSSR count). The number of ether oxygens (including phenoxy) is 1. The molecule has 2 nitrogen and oxygen atoms in total. The zero-order chi connectivity index (χ0) is 12.7. The van der Waals surface area contributed by atoms with E-state index in [2.05, 4.69) is 38.8 Å². The molecule has 0 saturated carbocycles. The van der Waals surface area contributed by atoms with Gasteiger partial charge in [0, 0.05) is 6.54 Å². The molecule has 17 heavy (non-hydrogen) atoms. The third kappa shape index (κ3) is 5.20. The van der Waals surface area contributed by atoms with Crippen molar-refractivity contribution in [2.24, 2.45) is 5.73 Å². The summed E-state index contributed by atoms with van der Waals surface area (Å²) in [6, 6.07) is 4.00. The van der Waals surface area contributed by atoms with Crippen LogP contribution in [-0.2, 0) is 6.54 Å². The zero-order valence-electron chi connectivity index (χ0n) is 9.84. The highest BCUT2D eigenvalue weighted by Crippen LogP contribution is 2.34. The molecule has 0 atom stereocenters. The summed E-state index contributed by atoms with van der Waals surface area (Å²) in [6.45, 7) is 3.45. The van der Waals surface area contributed by atoms with E-state index in [-0.39, 0.29) is 0 Å². The first-order valence-electron chi connectivity index (χ1n) is 5.57. The molecule has 0 radical (unpaired) electrons. The molecular weight excluding hydrogens is 366 g/mol. The lowest BCUT2D eigenvalue weighted by Gasteiger charge is -2.11. The number of hydrogen-bond acceptors (Lipinski definition) is 3. The minimum absolute atomic E-state index is 0.532. The van der Waals surface area contributed by atoms with E-state index in [1.165, 1.54) is 5.75 Å². The molecule has 0 heterocycles. The van der Waals surface area contributed by atoms with Crippen LogP contribution in [0.3, 0.4) is 0 Å². The first-order chi connectivity index (χ1) is 8.19. The minimum atomic E-state index is 0.532. The van der Waals surface area contributed by atoms with Gasteiger partial charge in [0.1, 0.15) is 5.75 Å². The second-order valence-corrected chi connectivity index (χ2v) is 6.59. The van der Waals surface area contributed by atoms with Crippen molar-refractivity contribution >= 4 is 43.6 Å². The molecule has 0 amide bonds. The molecule has 2 N–H and O–H groups in total. The van der Waals surface area contributed by atoms with Gasteiger partial charge in [0.05, 0.1) is 15.6 Å². The maximum atomic E-state index is 5.77. The number of hydrogen-bond donors (Lipinski definition) is 1.